The number of carbonyl (C=O) groups is 1. The van der Waals surface area contributed by atoms with Gasteiger partial charge in [-0.3, -0.25) is 4.79 Å². The second-order valence-electron chi connectivity index (χ2n) is 8.09. The summed E-state index contributed by atoms with van der Waals surface area (Å²) in [5.74, 6) is -1.27. The highest BCUT2D eigenvalue weighted by Gasteiger charge is 2.35. The van der Waals surface area contributed by atoms with Crippen LogP contribution in [0, 0.1) is 17.0 Å². The molecule has 1 aliphatic heterocycles. The minimum absolute atomic E-state index is 0.0760. The lowest BCUT2D eigenvalue weighted by Gasteiger charge is -2.34. The maximum atomic E-state index is 13.8. The molecule has 1 aromatic carbocycles. The lowest BCUT2D eigenvalue weighted by atomic mass is 9.98. The van der Waals surface area contributed by atoms with Crippen molar-refractivity contribution in [3.63, 3.8) is 0 Å². The number of nitrogens with zero attached hydrogens (tertiary/aromatic N) is 4. The largest absolute Gasteiger partial charge is 0.383 e. The Morgan fingerprint density at radius 2 is 2.14 bits per heavy atom. The van der Waals surface area contributed by atoms with Crippen LogP contribution in [-0.2, 0) is 17.7 Å². The van der Waals surface area contributed by atoms with E-state index in [1.165, 1.54) is 30.1 Å². The molecule has 3 N–H and O–H groups in total. The van der Waals surface area contributed by atoms with Crippen molar-refractivity contribution in [3.8, 4) is 5.69 Å². The molecule has 36 heavy (non-hydrogen) atoms. The number of nitrogens with one attached hydrogen (secondary N) is 3. The van der Waals surface area contributed by atoms with Gasteiger partial charge >= 0.3 is 0 Å². The molecule has 0 aliphatic carbocycles. The predicted octanol–water partition coefficient (Wildman–Crippen LogP) is 3.53. The minimum atomic E-state index is -0.973. The zero-order valence-electron chi connectivity index (χ0n) is 19.6. The van der Waals surface area contributed by atoms with Gasteiger partial charge in [0, 0.05) is 44.7 Å². The van der Waals surface area contributed by atoms with Crippen LogP contribution >= 0.6 is 11.6 Å². The van der Waals surface area contributed by atoms with E-state index in [4.69, 9.17) is 21.7 Å². The van der Waals surface area contributed by atoms with Crippen molar-refractivity contribution in [1.82, 2.24) is 25.0 Å². The number of allylic oxidation sites excluding steroid dienone is 1. The Morgan fingerprint density at radius 3 is 2.83 bits per heavy atom. The number of methoxy groups -OCH3 is 1. The normalized spacial score (nSPS) is 15.6. The summed E-state index contributed by atoms with van der Waals surface area (Å²) < 4.78 is 34.0. The lowest BCUT2D eigenvalue weighted by Crippen LogP contribution is -2.47. The molecule has 0 spiro atoms. The van der Waals surface area contributed by atoms with E-state index in [1.54, 1.807) is 24.2 Å². The van der Waals surface area contributed by atoms with E-state index in [-0.39, 0.29) is 30.8 Å². The molecule has 0 radical (unpaired) electrons. The summed E-state index contributed by atoms with van der Waals surface area (Å²) in [6, 6.07) is 4.92. The molecule has 12 heteroatoms. The quantitative estimate of drug-likeness (QED) is 0.376. The molecule has 0 saturated heterocycles. The molecular formula is C24H24ClF2N7O2. The van der Waals surface area contributed by atoms with Gasteiger partial charge in [-0.1, -0.05) is 17.7 Å². The summed E-state index contributed by atoms with van der Waals surface area (Å²) >= 11 is 6.41. The van der Waals surface area contributed by atoms with Crippen LogP contribution in [0.4, 0.5) is 14.6 Å². The number of ether oxygens (including phenoxy) is 1. The number of pyridine rings is 1. The number of fused-ring (bicyclic) bond motifs is 1. The Morgan fingerprint density at radius 1 is 1.33 bits per heavy atom. The summed E-state index contributed by atoms with van der Waals surface area (Å²) in [4.78, 5) is 19.2. The molecule has 9 nitrogen and oxygen atoms in total. The van der Waals surface area contributed by atoms with Crippen molar-refractivity contribution >= 4 is 29.5 Å². The van der Waals surface area contributed by atoms with Gasteiger partial charge in [0.15, 0.2) is 17.3 Å². The molecule has 3 aromatic rings. The molecule has 1 amide bonds. The van der Waals surface area contributed by atoms with E-state index < -0.39 is 11.6 Å². The number of benzene rings is 1. The number of carbonyl (C=O) groups excluding carboxylic acids is 1. The Hall–Kier alpha value is -3.83. The fourth-order valence-electron chi connectivity index (χ4n) is 3.99. The molecule has 188 valence electrons. The van der Waals surface area contributed by atoms with Crippen LogP contribution in [0.5, 0.6) is 0 Å². The van der Waals surface area contributed by atoms with Gasteiger partial charge in [-0.25, -0.2) is 18.4 Å². The van der Waals surface area contributed by atoms with Gasteiger partial charge in [0.05, 0.1) is 29.6 Å². The van der Waals surface area contributed by atoms with Crippen LogP contribution in [0.1, 0.15) is 21.6 Å². The SMILES string of the molecule is CN/C(=C\C=N)Nc1cc(-n2cc3c(n2)C(=O)N(Cc2ccc(F)c(F)c2)[C@@H](COC)C3)c(Cl)cn1. The first kappa shape index (κ1) is 25.3. The highest BCUT2D eigenvalue weighted by atomic mass is 35.5. The van der Waals surface area contributed by atoms with E-state index in [1.807, 2.05) is 0 Å². The highest BCUT2D eigenvalue weighted by Crippen LogP contribution is 2.28. The number of rotatable bonds is 9. The van der Waals surface area contributed by atoms with Crippen LogP contribution in [0.15, 0.2) is 48.6 Å². The summed E-state index contributed by atoms with van der Waals surface area (Å²) in [6.45, 7) is 0.336. The number of hydrogen-bond donors (Lipinski definition) is 3. The first-order valence-electron chi connectivity index (χ1n) is 11.0. The molecule has 1 atom stereocenters. The molecular weight excluding hydrogens is 492 g/mol. The first-order valence-corrected chi connectivity index (χ1v) is 11.4. The van der Waals surface area contributed by atoms with Crippen molar-refractivity contribution in [1.29, 1.82) is 5.41 Å². The number of amides is 1. The van der Waals surface area contributed by atoms with Crippen LogP contribution in [0.25, 0.3) is 5.69 Å². The van der Waals surface area contributed by atoms with Crippen LogP contribution < -0.4 is 10.6 Å². The Balaban J connectivity index is 1.66. The number of anilines is 1. The van der Waals surface area contributed by atoms with Gasteiger partial charge < -0.3 is 25.7 Å². The van der Waals surface area contributed by atoms with E-state index >= 15 is 0 Å². The summed E-state index contributed by atoms with van der Waals surface area (Å²) in [7, 11) is 3.24. The van der Waals surface area contributed by atoms with Crippen molar-refractivity contribution in [3.05, 3.63) is 82.0 Å². The van der Waals surface area contributed by atoms with Gasteiger partial charge in [0.2, 0.25) is 0 Å². The monoisotopic (exact) mass is 515 g/mol. The minimum Gasteiger partial charge on any atom is -0.383 e. The lowest BCUT2D eigenvalue weighted by molar-refractivity contribution is 0.0465. The average Bonchev–Trinajstić information content (AvgIpc) is 3.29. The van der Waals surface area contributed by atoms with E-state index in [9.17, 15) is 13.6 Å². The maximum Gasteiger partial charge on any atom is 0.275 e. The van der Waals surface area contributed by atoms with E-state index in [2.05, 4.69) is 20.7 Å². The van der Waals surface area contributed by atoms with Crippen molar-refractivity contribution < 1.29 is 18.3 Å². The van der Waals surface area contributed by atoms with Crippen molar-refractivity contribution in [2.75, 3.05) is 26.1 Å². The number of aromatic nitrogens is 3. The summed E-state index contributed by atoms with van der Waals surface area (Å²) in [5, 5.41) is 18.0. The fraction of sp³-hybridized carbons (Fsp3) is 0.250. The van der Waals surface area contributed by atoms with Crippen molar-refractivity contribution in [2.45, 2.75) is 19.0 Å². The highest BCUT2D eigenvalue weighted by molar-refractivity contribution is 6.32. The third-order valence-corrected chi connectivity index (χ3v) is 6.00. The molecule has 3 heterocycles. The third-order valence-electron chi connectivity index (χ3n) is 5.71. The third kappa shape index (κ3) is 5.21. The smallest absolute Gasteiger partial charge is 0.275 e. The summed E-state index contributed by atoms with van der Waals surface area (Å²) in [5.41, 5.74) is 1.91. The molecule has 0 unspecified atom stereocenters. The van der Waals surface area contributed by atoms with Gasteiger partial charge in [0.1, 0.15) is 11.6 Å². The molecule has 0 fully saturated rings. The Kier molecular flexibility index (Phi) is 7.61. The zero-order valence-corrected chi connectivity index (χ0v) is 20.3. The average molecular weight is 516 g/mol. The van der Waals surface area contributed by atoms with Crippen LogP contribution in [0.2, 0.25) is 5.02 Å². The fourth-order valence-corrected chi connectivity index (χ4v) is 4.18. The molecule has 0 bridgehead atoms. The molecule has 4 rings (SSSR count). The zero-order chi connectivity index (χ0) is 25.8. The number of hydrogen-bond acceptors (Lipinski definition) is 7. The van der Waals surface area contributed by atoms with Crippen LogP contribution in [-0.4, -0.2) is 58.6 Å². The van der Waals surface area contributed by atoms with E-state index in [0.717, 1.165) is 18.3 Å². The second kappa shape index (κ2) is 10.8. The van der Waals surface area contributed by atoms with E-state index in [0.29, 0.717) is 39.9 Å². The maximum absolute atomic E-state index is 13.8. The van der Waals surface area contributed by atoms with Crippen LogP contribution in [0.3, 0.4) is 0 Å². The molecule has 1 aliphatic rings. The Bertz CT molecular complexity index is 1330. The predicted molar refractivity (Wildman–Crippen MR) is 132 cm³/mol. The van der Waals surface area contributed by atoms with Gasteiger partial charge in [-0.2, -0.15) is 5.10 Å². The van der Waals surface area contributed by atoms with Gasteiger partial charge in [-0.05, 0) is 30.2 Å². The van der Waals surface area contributed by atoms with Gasteiger partial charge in [-0.15, -0.1) is 0 Å². The topological polar surface area (TPSA) is 108 Å². The molecule has 0 saturated carbocycles. The summed E-state index contributed by atoms with van der Waals surface area (Å²) in [6.07, 6.45) is 6.31. The standard InChI is InChI=1S/C24H24ClF2N7O2/c1-29-21(5-6-28)31-22-9-20(17(25)10-30-22)34-12-15-8-16(13-36-2)33(24(35)23(15)32-34)11-14-3-4-18(26)19(27)7-14/h3-7,9-10,12,16,28-29H,8,11,13H2,1-2H3,(H,30,31)/b21-5+,28-6?/t16-/m1/s1. The van der Waals surface area contributed by atoms with Gasteiger partial charge in [0.25, 0.3) is 5.91 Å². The molecule has 2 aromatic heterocycles. The Labute approximate surface area is 211 Å². The first-order chi connectivity index (χ1) is 17.3. The second-order valence-corrected chi connectivity index (χ2v) is 8.49. The van der Waals surface area contributed by atoms with Crippen molar-refractivity contribution in [2.24, 2.45) is 0 Å². The number of halogens is 3.